The number of thioether (sulfide) groups is 1. The molecule has 1 rings (SSSR count). The van der Waals surface area contributed by atoms with E-state index in [1.165, 1.54) is 0 Å². The number of hydrogen-bond acceptors (Lipinski definition) is 3. The highest BCUT2D eigenvalue weighted by Crippen LogP contribution is 2.16. The smallest absolute Gasteiger partial charge is 0.126 e. The van der Waals surface area contributed by atoms with Crippen LogP contribution in [-0.4, -0.2) is 16.8 Å². The SMILES string of the molecule is CCCNc1cccc(CSC(C)C)n1. The predicted octanol–water partition coefficient (Wildman–Crippen LogP) is 3.55. The molecule has 1 heterocycles. The first-order chi connectivity index (χ1) is 7.22. The summed E-state index contributed by atoms with van der Waals surface area (Å²) < 4.78 is 0. The first-order valence-corrected chi connectivity index (χ1v) is 6.58. The summed E-state index contributed by atoms with van der Waals surface area (Å²) in [6, 6.07) is 6.19. The number of rotatable bonds is 6. The molecule has 0 aromatic carbocycles. The first kappa shape index (κ1) is 12.4. The normalized spacial score (nSPS) is 10.7. The van der Waals surface area contributed by atoms with Crippen LogP contribution in [0.5, 0.6) is 0 Å². The van der Waals surface area contributed by atoms with Gasteiger partial charge in [0.1, 0.15) is 5.82 Å². The van der Waals surface area contributed by atoms with E-state index in [1.807, 2.05) is 17.8 Å². The molecule has 1 aromatic heterocycles. The number of hydrogen-bond donors (Lipinski definition) is 1. The Labute approximate surface area is 96.9 Å². The summed E-state index contributed by atoms with van der Waals surface area (Å²) in [6.45, 7) is 7.58. The van der Waals surface area contributed by atoms with Gasteiger partial charge in [-0.25, -0.2) is 4.98 Å². The van der Waals surface area contributed by atoms with Gasteiger partial charge in [-0.1, -0.05) is 26.8 Å². The quantitative estimate of drug-likeness (QED) is 0.800. The monoisotopic (exact) mass is 224 g/mol. The van der Waals surface area contributed by atoms with Gasteiger partial charge in [-0.2, -0.15) is 11.8 Å². The zero-order chi connectivity index (χ0) is 11.1. The lowest BCUT2D eigenvalue weighted by atomic mass is 10.3. The van der Waals surface area contributed by atoms with Crippen LogP contribution in [0.2, 0.25) is 0 Å². The standard InChI is InChI=1S/C12H20N2S/c1-4-8-13-12-7-5-6-11(14-12)9-15-10(2)3/h5-7,10H,4,8-9H2,1-3H3,(H,13,14). The van der Waals surface area contributed by atoms with E-state index < -0.39 is 0 Å². The molecular formula is C12H20N2S. The molecule has 0 bridgehead atoms. The maximum atomic E-state index is 4.55. The van der Waals surface area contributed by atoms with Crippen LogP contribution in [0, 0.1) is 0 Å². The van der Waals surface area contributed by atoms with E-state index in [0.29, 0.717) is 5.25 Å². The van der Waals surface area contributed by atoms with E-state index in [9.17, 15) is 0 Å². The van der Waals surface area contributed by atoms with Gasteiger partial charge >= 0.3 is 0 Å². The van der Waals surface area contributed by atoms with E-state index >= 15 is 0 Å². The summed E-state index contributed by atoms with van der Waals surface area (Å²) in [7, 11) is 0. The van der Waals surface area contributed by atoms with Crippen LogP contribution in [0.3, 0.4) is 0 Å². The van der Waals surface area contributed by atoms with Crippen LogP contribution in [0.25, 0.3) is 0 Å². The zero-order valence-corrected chi connectivity index (χ0v) is 10.6. The molecular weight excluding hydrogens is 204 g/mol. The molecule has 0 spiro atoms. The van der Waals surface area contributed by atoms with E-state index in [2.05, 4.69) is 43.2 Å². The van der Waals surface area contributed by atoms with Crippen molar-refractivity contribution in [3.8, 4) is 0 Å². The number of pyridine rings is 1. The van der Waals surface area contributed by atoms with Gasteiger partial charge in [0.05, 0.1) is 5.69 Å². The van der Waals surface area contributed by atoms with Gasteiger partial charge in [-0.3, -0.25) is 0 Å². The molecule has 0 unspecified atom stereocenters. The Kier molecular flexibility index (Phi) is 5.54. The number of anilines is 1. The molecule has 1 N–H and O–H groups in total. The lowest BCUT2D eigenvalue weighted by Crippen LogP contribution is -2.03. The maximum absolute atomic E-state index is 4.55. The van der Waals surface area contributed by atoms with Gasteiger partial charge in [0, 0.05) is 12.3 Å². The summed E-state index contributed by atoms with van der Waals surface area (Å²) in [6.07, 6.45) is 1.13. The highest BCUT2D eigenvalue weighted by Gasteiger charge is 1.99. The Balaban J connectivity index is 2.50. The molecule has 2 nitrogen and oxygen atoms in total. The van der Waals surface area contributed by atoms with Crippen molar-refractivity contribution < 1.29 is 0 Å². The Morgan fingerprint density at radius 2 is 2.20 bits per heavy atom. The fourth-order valence-corrected chi connectivity index (χ4v) is 1.83. The second kappa shape index (κ2) is 6.72. The van der Waals surface area contributed by atoms with Gasteiger partial charge in [0.25, 0.3) is 0 Å². The molecule has 3 heteroatoms. The molecule has 15 heavy (non-hydrogen) atoms. The van der Waals surface area contributed by atoms with Crippen LogP contribution in [0.1, 0.15) is 32.9 Å². The van der Waals surface area contributed by atoms with E-state index in [4.69, 9.17) is 0 Å². The van der Waals surface area contributed by atoms with Crippen LogP contribution >= 0.6 is 11.8 Å². The third-order valence-corrected chi connectivity index (χ3v) is 3.06. The number of nitrogens with zero attached hydrogens (tertiary/aromatic N) is 1. The Bertz CT molecular complexity index is 287. The first-order valence-electron chi connectivity index (χ1n) is 5.53. The minimum absolute atomic E-state index is 0.666. The van der Waals surface area contributed by atoms with Crippen molar-refractivity contribution in [2.45, 2.75) is 38.2 Å². The molecule has 0 saturated carbocycles. The van der Waals surface area contributed by atoms with Gasteiger partial charge in [-0.15, -0.1) is 0 Å². The van der Waals surface area contributed by atoms with Gasteiger partial charge < -0.3 is 5.32 Å². The van der Waals surface area contributed by atoms with E-state index in [0.717, 1.165) is 30.2 Å². The average molecular weight is 224 g/mol. The number of nitrogens with one attached hydrogen (secondary N) is 1. The van der Waals surface area contributed by atoms with E-state index in [1.54, 1.807) is 0 Å². The predicted molar refractivity (Wildman–Crippen MR) is 69.4 cm³/mol. The lowest BCUT2D eigenvalue weighted by Gasteiger charge is -2.07. The summed E-state index contributed by atoms with van der Waals surface area (Å²) in [5, 5.41) is 3.97. The molecule has 0 amide bonds. The minimum Gasteiger partial charge on any atom is -0.370 e. The molecule has 0 aliphatic carbocycles. The molecule has 0 radical (unpaired) electrons. The van der Waals surface area contributed by atoms with Gasteiger partial charge in [-0.05, 0) is 23.8 Å². The van der Waals surface area contributed by atoms with Crippen molar-refractivity contribution in [3.63, 3.8) is 0 Å². The molecule has 0 fully saturated rings. The molecule has 0 aliphatic heterocycles. The zero-order valence-electron chi connectivity index (χ0n) is 9.79. The van der Waals surface area contributed by atoms with Gasteiger partial charge in [0.15, 0.2) is 0 Å². The van der Waals surface area contributed by atoms with Crippen LogP contribution in [0.15, 0.2) is 18.2 Å². The van der Waals surface area contributed by atoms with Gasteiger partial charge in [0.2, 0.25) is 0 Å². The van der Waals surface area contributed by atoms with Crippen molar-refractivity contribution in [1.82, 2.24) is 4.98 Å². The minimum atomic E-state index is 0.666. The van der Waals surface area contributed by atoms with E-state index in [-0.39, 0.29) is 0 Å². The van der Waals surface area contributed by atoms with Crippen molar-refractivity contribution in [2.24, 2.45) is 0 Å². The largest absolute Gasteiger partial charge is 0.370 e. The molecule has 0 atom stereocenters. The third kappa shape index (κ3) is 5.07. The molecule has 0 aliphatic rings. The summed E-state index contributed by atoms with van der Waals surface area (Å²) >= 11 is 1.93. The van der Waals surface area contributed by atoms with Crippen LogP contribution in [-0.2, 0) is 5.75 Å². The third-order valence-electron chi connectivity index (χ3n) is 1.93. The fourth-order valence-electron chi connectivity index (χ4n) is 1.16. The fraction of sp³-hybridized carbons (Fsp3) is 0.583. The topological polar surface area (TPSA) is 24.9 Å². The van der Waals surface area contributed by atoms with Crippen molar-refractivity contribution >= 4 is 17.6 Å². The maximum Gasteiger partial charge on any atom is 0.126 e. The summed E-state index contributed by atoms with van der Waals surface area (Å²) in [4.78, 5) is 4.55. The Hall–Kier alpha value is -0.700. The Morgan fingerprint density at radius 1 is 1.40 bits per heavy atom. The molecule has 84 valence electrons. The number of aromatic nitrogens is 1. The molecule has 1 aromatic rings. The highest BCUT2D eigenvalue weighted by atomic mass is 32.2. The van der Waals surface area contributed by atoms with Crippen molar-refractivity contribution in [3.05, 3.63) is 23.9 Å². The summed E-state index contributed by atoms with van der Waals surface area (Å²) in [5.41, 5.74) is 1.16. The van der Waals surface area contributed by atoms with Crippen molar-refractivity contribution in [2.75, 3.05) is 11.9 Å². The second-order valence-corrected chi connectivity index (χ2v) is 5.37. The van der Waals surface area contributed by atoms with Crippen LogP contribution < -0.4 is 5.32 Å². The Morgan fingerprint density at radius 3 is 2.87 bits per heavy atom. The average Bonchev–Trinajstić information content (AvgIpc) is 2.24. The molecule has 0 saturated heterocycles. The van der Waals surface area contributed by atoms with Crippen LogP contribution in [0.4, 0.5) is 5.82 Å². The second-order valence-electron chi connectivity index (χ2n) is 3.80. The highest BCUT2D eigenvalue weighted by molar-refractivity contribution is 7.99. The summed E-state index contributed by atoms with van der Waals surface area (Å²) in [5.74, 6) is 2.00. The lowest BCUT2D eigenvalue weighted by molar-refractivity contribution is 0.964. The van der Waals surface area contributed by atoms with Crippen molar-refractivity contribution in [1.29, 1.82) is 0 Å².